The van der Waals surface area contributed by atoms with Crippen LogP contribution in [-0.4, -0.2) is 54.2 Å². The van der Waals surface area contributed by atoms with E-state index in [0.717, 1.165) is 36.1 Å². The molecule has 0 aliphatic carbocycles. The van der Waals surface area contributed by atoms with Crippen LogP contribution in [0.2, 0.25) is 5.02 Å². The molecule has 0 radical (unpaired) electrons. The van der Waals surface area contributed by atoms with Crippen molar-refractivity contribution in [1.82, 2.24) is 9.80 Å². The van der Waals surface area contributed by atoms with Crippen LogP contribution in [0.25, 0.3) is 0 Å². The summed E-state index contributed by atoms with van der Waals surface area (Å²) < 4.78 is 0. The molecule has 1 aromatic carbocycles. The van der Waals surface area contributed by atoms with Crippen molar-refractivity contribution in [2.45, 2.75) is 31.8 Å². The van der Waals surface area contributed by atoms with E-state index in [-0.39, 0.29) is 0 Å². The van der Waals surface area contributed by atoms with E-state index in [2.05, 4.69) is 9.80 Å². The molecule has 0 saturated carbocycles. The van der Waals surface area contributed by atoms with E-state index in [1.54, 1.807) is 0 Å². The molecule has 0 bridgehead atoms. The molecule has 1 aromatic rings. The summed E-state index contributed by atoms with van der Waals surface area (Å²) in [6.45, 7) is 6.78. The second kappa shape index (κ2) is 7.78. The van der Waals surface area contributed by atoms with Gasteiger partial charge >= 0.3 is 0 Å². The van der Waals surface area contributed by atoms with E-state index < -0.39 is 6.10 Å². The summed E-state index contributed by atoms with van der Waals surface area (Å²) in [5.41, 5.74) is 0.962. The van der Waals surface area contributed by atoms with Gasteiger partial charge in [0.05, 0.1) is 6.10 Å². The second-order valence-corrected chi connectivity index (χ2v) is 7.28. The lowest BCUT2D eigenvalue weighted by Crippen LogP contribution is -2.35. The molecule has 0 aromatic heterocycles. The molecule has 2 aliphatic rings. The van der Waals surface area contributed by atoms with Gasteiger partial charge in [-0.15, -0.1) is 0 Å². The normalized spacial score (nSPS) is 25.5. The van der Waals surface area contributed by atoms with Crippen LogP contribution in [-0.2, 0) is 0 Å². The van der Waals surface area contributed by atoms with Gasteiger partial charge in [-0.25, -0.2) is 0 Å². The molecule has 2 fully saturated rings. The summed E-state index contributed by atoms with van der Waals surface area (Å²) in [5.74, 6) is 0.774. The number of benzene rings is 1. The Bertz CT molecular complexity index is 459. The summed E-state index contributed by atoms with van der Waals surface area (Å²) in [6, 6.07) is 7.55. The highest BCUT2D eigenvalue weighted by Gasteiger charge is 2.26. The van der Waals surface area contributed by atoms with Crippen molar-refractivity contribution in [3.05, 3.63) is 34.9 Å². The van der Waals surface area contributed by atoms with Crippen molar-refractivity contribution in [3.8, 4) is 0 Å². The number of piperidine rings is 1. The number of hydrogen-bond acceptors (Lipinski definition) is 3. The first-order valence-electron chi connectivity index (χ1n) is 8.59. The van der Waals surface area contributed by atoms with Crippen LogP contribution in [0.4, 0.5) is 0 Å². The fourth-order valence-corrected chi connectivity index (χ4v) is 3.90. The smallest absolute Gasteiger partial charge is 0.0916 e. The Morgan fingerprint density at radius 2 is 1.77 bits per heavy atom. The van der Waals surface area contributed by atoms with Gasteiger partial charge in [-0.05, 0) is 62.5 Å². The molecule has 2 atom stereocenters. The molecule has 2 aliphatic heterocycles. The van der Waals surface area contributed by atoms with E-state index in [1.165, 1.54) is 45.3 Å². The van der Waals surface area contributed by atoms with Gasteiger partial charge in [0.25, 0.3) is 0 Å². The summed E-state index contributed by atoms with van der Waals surface area (Å²) >= 11 is 5.90. The molecule has 3 rings (SSSR count). The number of aliphatic hydroxyl groups excluding tert-OH is 1. The van der Waals surface area contributed by atoms with Crippen LogP contribution in [0, 0.1) is 5.92 Å². The zero-order valence-electron chi connectivity index (χ0n) is 13.3. The maximum absolute atomic E-state index is 10.4. The zero-order valence-corrected chi connectivity index (χ0v) is 14.0. The van der Waals surface area contributed by atoms with Gasteiger partial charge in [-0.3, -0.25) is 0 Å². The highest BCUT2D eigenvalue weighted by molar-refractivity contribution is 6.30. The number of aliphatic hydroxyl groups is 1. The quantitative estimate of drug-likeness (QED) is 0.902. The van der Waals surface area contributed by atoms with Crippen LogP contribution in [0.1, 0.15) is 37.4 Å². The fourth-order valence-electron chi connectivity index (χ4n) is 3.77. The largest absolute Gasteiger partial charge is 0.387 e. The third-order valence-corrected chi connectivity index (χ3v) is 5.27. The summed E-state index contributed by atoms with van der Waals surface area (Å²) in [5, 5.41) is 11.1. The third kappa shape index (κ3) is 4.45. The maximum atomic E-state index is 10.4. The Labute approximate surface area is 138 Å². The topological polar surface area (TPSA) is 26.7 Å². The maximum Gasteiger partial charge on any atom is 0.0916 e. The molecule has 0 spiro atoms. The first kappa shape index (κ1) is 16.3. The lowest BCUT2D eigenvalue weighted by Gasteiger charge is -2.29. The summed E-state index contributed by atoms with van der Waals surface area (Å²) in [7, 11) is 0. The molecule has 1 N–H and O–H groups in total. The highest BCUT2D eigenvalue weighted by atomic mass is 35.5. The molecule has 3 nitrogen and oxygen atoms in total. The molecule has 2 heterocycles. The van der Waals surface area contributed by atoms with Crippen LogP contribution < -0.4 is 0 Å². The van der Waals surface area contributed by atoms with Crippen molar-refractivity contribution in [2.75, 3.05) is 39.3 Å². The minimum atomic E-state index is -0.411. The highest BCUT2D eigenvalue weighted by Crippen LogP contribution is 2.23. The van der Waals surface area contributed by atoms with Crippen LogP contribution in [0.15, 0.2) is 24.3 Å². The first-order valence-corrected chi connectivity index (χ1v) is 8.97. The minimum absolute atomic E-state index is 0.411. The van der Waals surface area contributed by atoms with Gasteiger partial charge < -0.3 is 14.9 Å². The first-order chi connectivity index (χ1) is 10.7. The number of β-amino-alcohol motifs (C(OH)–C–C–N with tert-alkyl or cyclic N) is 1. The summed E-state index contributed by atoms with van der Waals surface area (Å²) in [4.78, 5) is 5.04. The van der Waals surface area contributed by atoms with E-state index in [0.29, 0.717) is 0 Å². The van der Waals surface area contributed by atoms with Crippen LogP contribution >= 0.6 is 11.6 Å². The van der Waals surface area contributed by atoms with Gasteiger partial charge in [-0.1, -0.05) is 30.2 Å². The van der Waals surface area contributed by atoms with Crippen molar-refractivity contribution < 1.29 is 5.11 Å². The zero-order chi connectivity index (χ0) is 15.4. The molecule has 122 valence electrons. The average Bonchev–Trinajstić information content (AvgIpc) is 2.96. The third-order valence-electron chi connectivity index (χ3n) is 5.02. The molecule has 2 saturated heterocycles. The number of hydrogen-bond donors (Lipinski definition) is 1. The number of likely N-dealkylation sites (tertiary alicyclic amines) is 2. The molecule has 22 heavy (non-hydrogen) atoms. The van der Waals surface area contributed by atoms with E-state index in [9.17, 15) is 5.11 Å². The van der Waals surface area contributed by atoms with Gasteiger partial charge in [-0.2, -0.15) is 0 Å². The SMILES string of the molecule is OC(CN1CCC(CN2CCCCC2)C1)c1ccc(Cl)cc1. The van der Waals surface area contributed by atoms with Crippen molar-refractivity contribution in [2.24, 2.45) is 5.92 Å². The van der Waals surface area contributed by atoms with Crippen molar-refractivity contribution in [3.63, 3.8) is 0 Å². The number of halogens is 1. The van der Waals surface area contributed by atoms with Crippen molar-refractivity contribution >= 4 is 11.6 Å². The molecule has 0 amide bonds. The minimum Gasteiger partial charge on any atom is -0.387 e. The number of nitrogens with zero attached hydrogens (tertiary/aromatic N) is 2. The van der Waals surface area contributed by atoms with Crippen LogP contribution in [0.5, 0.6) is 0 Å². The Morgan fingerprint density at radius 1 is 1.05 bits per heavy atom. The van der Waals surface area contributed by atoms with E-state index >= 15 is 0 Å². The fraction of sp³-hybridized carbons (Fsp3) is 0.667. The molecular weight excluding hydrogens is 296 g/mol. The van der Waals surface area contributed by atoms with Crippen LogP contribution in [0.3, 0.4) is 0 Å². The van der Waals surface area contributed by atoms with E-state index in [4.69, 9.17) is 11.6 Å². The molecular formula is C18H27ClN2O. The molecule has 2 unspecified atom stereocenters. The average molecular weight is 323 g/mol. The monoisotopic (exact) mass is 322 g/mol. The standard InChI is InChI=1S/C18H27ClN2O/c19-17-6-4-16(5-7-17)18(22)14-21-11-8-15(13-21)12-20-9-2-1-3-10-20/h4-7,15,18,22H,1-3,8-14H2. The Balaban J connectivity index is 1.45. The molecule has 4 heteroatoms. The predicted molar refractivity (Wildman–Crippen MR) is 91.2 cm³/mol. The summed E-state index contributed by atoms with van der Waals surface area (Å²) in [6.07, 6.45) is 4.99. The van der Waals surface area contributed by atoms with Gasteiger partial charge in [0.15, 0.2) is 0 Å². The Hall–Kier alpha value is -0.610. The second-order valence-electron chi connectivity index (χ2n) is 6.84. The Morgan fingerprint density at radius 3 is 2.50 bits per heavy atom. The van der Waals surface area contributed by atoms with Gasteiger partial charge in [0.2, 0.25) is 0 Å². The van der Waals surface area contributed by atoms with Gasteiger partial charge in [0, 0.05) is 24.7 Å². The lowest BCUT2D eigenvalue weighted by molar-refractivity contribution is 0.121. The van der Waals surface area contributed by atoms with Gasteiger partial charge in [0.1, 0.15) is 0 Å². The van der Waals surface area contributed by atoms with E-state index in [1.807, 2.05) is 24.3 Å². The predicted octanol–water partition coefficient (Wildman–Crippen LogP) is 3.18. The number of rotatable bonds is 5. The van der Waals surface area contributed by atoms with Crippen molar-refractivity contribution in [1.29, 1.82) is 0 Å². The lowest BCUT2D eigenvalue weighted by atomic mass is 10.1. The Kier molecular flexibility index (Phi) is 5.75.